The van der Waals surface area contributed by atoms with Gasteiger partial charge in [0.25, 0.3) is 0 Å². The van der Waals surface area contributed by atoms with Crippen LogP contribution in [0.4, 0.5) is 4.39 Å². The second kappa shape index (κ2) is 10.4. The maximum absolute atomic E-state index is 13.5. The molecule has 1 aliphatic carbocycles. The minimum atomic E-state index is -0.754. The summed E-state index contributed by atoms with van der Waals surface area (Å²) in [5, 5.41) is -0.0552. The maximum Gasteiger partial charge on any atom is 0.340 e. The predicted octanol–water partition coefficient (Wildman–Crippen LogP) is 4.92. The number of esters is 1. The van der Waals surface area contributed by atoms with Crippen molar-refractivity contribution in [3.8, 4) is 11.5 Å². The molecule has 0 amide bonds. The molecule has 9 heteroatoms. The average Bonchev–Trinajstić information content (AvgIpc) is 2.84. The molecule has 1 heterocycles. The van der Waals surface area contributed by atoms with Crippen LogP contribution >= 0.6 is 11.6 Å². The standard InChI is InChI=1S/C26H25ClFNO6/c1-3-33-26(31)24-22(23-19(30)5-4-6-21(23)35-25(24)29)14-7-10-20(32-2)15(11-14)13-34-16-8-9-18(28)17(27)12-16/h7-12,22H,3-6,13,29H2,1-2H3/t22-/m1/s1. The number of methoxy groups -OCH3 is 1. The Balaban J connectivity index is 1.75. The highest BCUT2D eigenvalue weighted by Gasteiger charge is 2.41. The zero-order valence-corrected chi connectivity index (χ0v) is 20.1. The molecule has 4 rings (SSSR count). The topological polar surface area (TPSA) is 97.1 Å². The Morgan fingerprint density at radius 2 is 2.03 bits per heavy atom. The number of allylic oxidation sites excluding steroid dienone is 2. The number of carbonyl (C=O) groups excluding carboxylic acids is 2. The molecule has 0 saturated carbocycles. The van der Waals surface area contributed by atoms with E-state index in [-0.39, 0.29) is 35.5 Å². The van der Waals surface area contributed by atoms with Crippen LogP contribution in [-0.2, 0) is 25.7 Å². The van der Waals surface area contributed by atoms with Crippen LogP contribution in [0.25, 0.3) is 0 Å². The van der Waals surface area contributed by atoms with Gasteiger partial charge in [0.15, 0.2) is 5.78 Å². The molecule has 0 aromatic heterocycles. The molecule has 0 bridgehead atoms. The van der Waals surface area contributed by atoms with E-state index < -0.39 is 17.7 Å². The van der Waals surface area contributed by atoms with Crippen molar-refractivity contribution in [3.05, 3.63) is 81.2 Å². The number of Topliss-reactive ketones (excluding diaryl/α,β-unsaturated/α-hetero) is 1. The van der Waals surface area contributed by atoms with Crippen LogP contribution in [0.3, 0.4) is 0 Å². The van der Waals surface area contributed by atoms with E-state index in [2.05, 4.69) is 0 Å². The first-order chi connectivity index (χ1) is 16.8. The lowest BCUT2D eigenvalue weighted by Crippen LogP contribution is -2.31. The molecule has 184 valence electrons. The number of benzene rings is 2. The van der Waals surface area contributed by atoms with Crippen LogP contribution in [0, 0.1) is 5.82 Å². The zero-order valence-electron chi connectivity index (χ0n) is 19.4. The first-order valence-electron chi connectivity index (χ1n) is 11.2. The summed E-state index contributed by atoms with van der Waals surface area (Å²) in [6, 6.07) is 9.36. The summed E-state index contributed by atoms with van der Waals surface area (Å²) < 4.78 is 35.7. The van der Waals surface area contributed by atoms with Gasteiger partial charge in [-0.2, -0.15) is 0 Å². The van der Waals surface area contributed by atoms with Gasteiger partial charge in [-0.3, -0.25) is 4.79 Å². The third-order valence-electron chi connectivity index (χ3n) is 5.90. The summed E-state index contributed by atoms with van der Waals surface area (Å²) in [7, 11) is 1.52. The summed E-state index contributed by atoms with van der Waals surface area (Å²) in [4.78, 5) is 25.9. The predicted molar refractivity (Wildman–Crippen MR) is 126 cm³/mol. The Labute approximate surface area is 207 Å². The Hall–Kier alpha value is -3.52. The number of ether oxygens (including phenoxy) is 4. The highest BCUT2D eigenvalue weighted by molar-refractivity contribution is 6.30. The van der Waals surface area contributed by atoms with E-state index in [4.69, 9.17) is 36.3 Å². The van der Waals surface area contributed by atoms with Crippen LogP contribution < -0.4 is 15.2 Å². The van der Waals surface area contributed by atoms with Crippen molar-refractivity contribution < 1.29 is 32.9 Å². The molecule has 35 heavy (non-hydrogen) atoms. The van der Waals surface area contributed by atoms with Crippen molar-refractivity contribution in [3.63, 3.8) is 0 Å². The van der Waals surface area contributed by atoms with E-state index in [9.17, 15) is 14.0 Å². The monoisotopic (exact) mass is 501 g/mol. The molecule has 2 aromatic carbocycles. The normalized spacial score (nSPS) is 17.6. The van der Waals surface area contributed by atoms with Crippen LogP contribution in [-0.4, -0.2) is 25.5 Å². The van der Waals surface area contributed by atoms with Crippen molar-refractivity contribution in [1.29, 1.82) is 0 Å². The molecule has 0 spiro atoms. The van der Waals surface area contributed by atoms with Gasteiger partial charge in [0, 0.05) is 30.0 Å². The van der Waals surface area contributed by atoms with Crippen LogP contribution in [0.5, 0.6) is 11.5 Å². The number of hydrogen-bond acceptors (Lipinski definition) is 7. The van der Waals surface area contributed by atoms with Crippen molar-refractivity contribution in [2.75, 3.05) is 13.7 Å². The van der Waals surface area contributed by atoms with Crippen molar-refractivity contribution in [2.24, 2.45) is 5.73 Å². The summed E-state index contributed by atoms with van der Waals surface area (Å²) in [5.74, 6) is -0.727. The lowest BCUT2D eigenvalue weighted by atomic mass is 9.77. The van der Waals surface area contributed by atoms with E-state index in [1.807, 2.05) is 0 Å². The van der Waals surface area contributed by atoms with E-state index in [1.54, 1.807) is 25.1 Å². The van der Waals surface area contributed by atoms with Crippen LogP contribution in [0.2, 0.25) is 5.02 Å². The number of nitrogens with two attached hydrogens (primary N) is 1. The fraction of sp³-hybridized carbons (Fsp3) is 0.308. The number of halogens is 2. The molecule has 2 aromatic rings. The average molecular weight is 502 g/mol. The summed E-state index contributed by atoms with van der Waals surface area (Å²) in [5.41, 5.74) is 7.94. The van der Waals surface area contributed by atoms with E-state index in [0.717, 1.165) is 0 Å². The molecule has 7 nitrogen and oxygen atoms in total. The van der Waals surface area contributed by atoms with Crippen LogP contribution in [0.1, 0.15) is 43.2 Å². The number of carbonyl (C=O) groups is 2. The zero-order chi connectivity index (χ0) is 25.1. The Bertz CT molecular complexity index is 1240. The minimum Gasteiger partial charge on any atom is -0.496 e. The van der Waals surface area contributed by atoms with Crippen molar-refractivity contribution >= 4 is 23.4 Å². The van der Waals surface area contributed by atoms with Crippen molar-refractivity contribution in [1.82, 2.24) is 0 Å². The second-order valence-corrected chi connectivity index (χ2v) is 8.49. The van der Waals surface area contributed by atoms with Gasteiger partial charge >= 0.3 is 5.97 Å². The third-order valence-corrected chi connectivity index (χ3v) is 6.19. The first-order valence-corrected chi connectivity index (χ1v) is 11.6. The third kappa shape index (κ3) is 4.98. The smallest absolute Gasteiger partial charge is 0.340 e. The van der Waals surface area contributed by atoms with E-state index in [1.165, 1.54) is 25.3 Å². The fourth-order valence-electron chi connectivity index (χ4n) is 4.32. The lowest BCUT2D eigenvalue weighted by Gasteiger charge is -2.32. The van der Waals surface area contributed by atoms with E-state index >= 15 is 0 Å². The molecular weight excluding hydrogens is 477 g/mol. The SMILES string of the molecule is CCOC(=O)C1=C(N)OC2=C(C(=O)CCC2)[C@H]1c1ccc(OC)c(COc2ccc(F)c(Cl)c2)c1. The van der Waals surface area contributed by atoms with Gasteiger partial charge in [0.2, 0.25) is 5.88 Å². The lowest BCUT2D eigenvalue weighted by molar-refractivity contribution is -0.139. The molecule has 2 N–H and O–H groups in total. The maximum atomic E-state index is 13.5. The van der Waals surface area contributed by atoms with Crippen molar-refractivity contribution in [2.45, 2.75) is 38.7 Å². The number of rotatable bonds is 7. The molecular formula is C26H25ClFNO6. The minimum absolute atomic E-state index is 0.0552. The summed E-state index contributed by atoms with van der Waals surface area (Å²) in [6.45, 7) is 1.90. The van der Waals surface area contributed by atoms with Gasteiger partial charge < -0.3 is 24.7 Å². The van der Waals surface area contributed by atoms with Gasteiger partial charge in [-0.15, -0.1) is 0 Å². The highest BCUT2D eigenvalue weighted by atomic mass is 35.5. The molecule has 1 aliphatic heterocycles. The van der Waals surface area contributed by atoms with Gasteiger partial charge in [-0.1, -0.05) is 17.7 Å². The summed E-state index contributed by atoms with van der Waals surface area (Å²) >= 11 is 5.86. The largest absolute Gasteiger partial charge is 0.496 e. The Morgan fingerprint density at radius 3 is 2.74 bits per heavy atom. The molecule has 1 atom stereocenters. The number of ketones is 1. The Morgan fingerprint density at radius 1 is 1.23 bits per heavy atom. The van der Waals surface area contributed by atoms with E-state index in [0.29, 0.717) is 53.2 Å². The molecule has 0 unspecified atom stereocenters. The molecule has 2 aliphatic rings. The molecule has 0 radical (unpaired) electrons. The fourth-order valence-corrected chi connectivity index (χ4v) is 4.49. The first kappa shape index (κ1) is 24.6. The summed E-state index contributed by atoms with van der Waals surface area (Å²) in [6.07, 6.45) is 1.55. The second-order valence-electron chi connectivity index (χ2n) is 8.08. The highest BCUT2D eigenvalue weighted by Crippen LogP contribution is 2.44. The van der Waals surface area contributed by atoms with Gasteiger partial charge in [-0.25, -0.2) is 9.18 Å². The molecule has 0 fully saturated rings. The van der Waals surface area contributed by atoms with Crippen LogP contribution in [0.15, 0.2) is 59.2 Å². The van der Waals surface area contributed by atoms with Gasteiger partial charge in [0.1, 0.15) is 35.3 Å². The molecule has 0 saturated heterocycles. The Kier molecular flexibility index (Phi) is 7.31. The quantitative estimate of drug-likeness (QED) is 0.538. The van der Waals surface area contributed by atoms with Gasteiger partial charge in [0.05, 0.1) is 24.7 Å². The number of hydrogen-bond donors (Lipinski definition) is 1. The van der Waals surface area contributed by atoms with Gasteiger partial charge in [-0.05, 0) is 43.2 Å².